The normalized spacial score (nSPS) is 17.8. The zero-order valence-corrected chi connectivity index (χ0v) is 13.0. The van der Waals surface area contributed by atoms with Gasteiger partial charge in [-0.15, -0.1) is 0 Å². The van der Waals surface area contributed by atoms with Crippen LogP contribution in [0.3, 0.4) is 0 Å². The van der Waals surface area contributed by atoms with E-state index in [0.717, 1.165) is 31.4 Å². The summed E-state index contributed by atoms with van der Waals surface area (Å²) in [4.78, 5) is 4.37. The number of hydrogen-bond acceptors (Lipinski definition) is 3. The van der Waals surface area contributed by atoms with Crippen LogP contribution in [-0.4, -0.2) is 31.3 Å². The van der Waals surface area contributed by atoms with Crippen LogP contribution < -0.4 is 15.8 Å². The van der Waals surface area contributed by atoms with E-state index in [1.165, 1.54) is 0 Å². The van der Waals surface area contributed by atoms with E-state index in [1.807, 2.05) is 6.07 Å². The van der Waals surface area contributed by atoms with Crippen LogP contribution in [0.15, 0.2) is 23.2 Å². The first-order chi connectivity index (χ1) is 10.1. The summed E-state index contributed by atoms with van der Waals surface area (Å²) in [5.41, 5.74) is 6.56. The van der Waals surface area contributed by atoms with Crippen molar-refractivity contribution in [1.82, 2.24) is 0 Å². The Kier molecular flexibility index (Phi) is 5.31. The SMILES string of the molecule is COc1ccc(NC(N)=NCC2(CO)CCCC2)cc1Cl. The van der Waals surface area contributed by atoms with Gasteiger partial charge in [0.05, 0.1) is 25.3 Å². The lowest BCUT2D eigenvalue weighted by Crippen LogP contribution is -2.29. The van der Waals surface area contributed by atoms with Crippen LogP contribution in [0.2, 0.25) is 5.02 Å². The summed E-state index contributed by atoms with van der Waals surface area (Å²) in [6.45, 7) is 0.713. The molecule has 2 rings (SSSR count). The van der Waals surface area contributed by atoms with E-state index in [2.05, 4.69) is 10.3 Å². The minimum Gasteiger partial charge on any atom is -0.495 e. The highest BCUT2D eigenvalue weighted by molar-refractivity contribution is 6.32. The maximum absolute atomic E-state index is 9.55. The van der Waals surface area contributed by atoms with Crippen LogP contribution in [0.5, 0.6) is 5.75 Å². The van der Waals surface area contributed by atoms with Gasteiger partial charge in [-0.05, 0) is 31.0 Å². The molecule has 0 unspecified atom stereocenters. The minimum atomic E-state index is -0.0934. The summed E-state index contributed by atoms with van der Waals surface area (Å²) in [7, 11) is 1.57. The van der Waals surface area contributed by atoms with Gasteiger partial charge in [-0.25, -0.2) is 0 Å². The number of nitrogens with zero attached hydrogens (tertiary/aromatic N) is 1. The zero-order chi connectivity index (χ0) is 15.3. The second-order valence-corrected chi connectivity index (χ2v) is 5.95. The smallest absolute Gasteiger partial charge is 0.193 e. The summed E-state index contributed by atoms with van der Waals surface area (Å²) < 4.78 is 5.10. The average molecular weight is 312 g/mol. The molecule has 0 bridgehead atoms. The number of nitrogens with two attached hydrogens (primary N) is 1. The van der Waals surface area contributed by atoms with E-state index in [0.29, 0.717) is 23.3 Å². The predicted octanol–water partition coefficient (Wildman–Crippen LogP) is 2.63. The number of aliphatic hydroxyl groups is 1. The largest absolute Gasteiger partial charge is 0.495 e. The predicted molar refractivity (Wildman–Crippen MR) is 86.1 cm³/mol. The Labute approximate surface area is 130 Å². The van der Waals surface area contributed by atoms with Gasteiger partial charge in [-0.2, -0.15) is 0 Å². The van der Waals surface area contributed by atoms with Crippen LogP contribution in [0.25, 0.3) is 0 Å². The molecule has 0 aromatic heterocycles. The highest BCUT2D eigenvalue weighted by atomic mass is 35.5. The van der Waals surface area contributed by atoms with Crippen molar-refractivity contribution < 1.29 is 9.84 Å². The summed E-state index contributed by atoms with van der Waals surface area (Å²) in [5.74, 6) is 0.943. The second-order valence-electron chi connectivity index (χ2n) is 5.54. The van der Waals surface area contributed by atoms with Gasteiger partial charge in [0, 0.05) is 11.1 Å². The topological polar surface area (TPSA) is 79.9 Å². The molecular weight excluding hydrogens is 290 g/mol. The summed E-state index contributed by atoms with van der Waals surface area (Å²) in [6, 6.07) is 5.33. The fraction of sp³-hybridized carbons (Fsp3) is 0.533. The number of nitrogens with one attached hydrogen (secondary N) is 1. The van der Waals surface area contributed by atoms with E-state index in [9.17, 15) is 5.11 Å². The second kappa shape index (κ2) is 7.00. The van der Waals surface area contributed by atoms with Crippen LogP contribution >= 0.6 is 11.6 Å². The summed E-state index contributed by atoms with van der Waals surface area (Å²) in [6.07, 6.45) is 4.32. The Bertz CT molecular complexity index is 514. The molecule has 1 aromatic carbocycles. The van der Waals surface area contributed by atoms with Crippen LogP contribution in [0, 0.1) is 5.41 Å². The number of aliphatic imine (C=N–C) groups is 1. The number of ether oxygens (including phenoxy) is 1. The highest BCUT2D eigenvalue weighted by Gasteiger charge is 2.32. The third-order valence-corrected chi connectivity index (χ3v) is 4.30. The molecule has 0 amide bonds. The van der Waals surface area contributed by atoms with Crippen LogP contribution in [0.1, 0.15) is 25.7 Å². The number of guanidine groups is 1. The molecule has 5 nitrogen and oxygen atoms in total. The molecular formula is C15H22ClN3O2. The van der Waals surface area contributed by atoms with Crippen LogP contribution in [-0.2, 0) is 0 Å². The standard InChI is InChI=1S/C15H22ClN3O2/c1-21-13-5-4-11(8-12(13)16)19-14(17)18-9-15(10-20)6-2-3-7-15/h4-5,8,20H,2-3,6-7,9-10H2,1H3,(H3,17,18,19). The molecule has 1 aliphatic rings. The molecule has 0 spiro atoms. The van der Waals surface area contributed by atoms with Crippen molar-refractivity contribution in [2.24, 2.45) is 16.1 Å². The molecule has 4 N–H and O–H groups in total. The van der Waals surface area contributed by atoms with E-state index < -0.39 is 0 Å². The number of methoxy groups -OCH3 is 1. The lowest BCUT2D eigenvalue weighted by molar-refractivity contribution is 0.139. The Morgan fingerprint density at radius 1 is 1.48 bits per heavy atom. The van der Waals surface area contributed by atoms with Crippen molar-refractivity contribution in [3.63, 3.8) is 0 Å². The highest BCUT2D eigenvalue weighted by Crippen LogP contribution is 2.37. The van der Waals surface area contributed by atoms with E-state index in [-0.39, 0.29) is 12.0 Å². The van der Waals surface area contributed by atoms with Gasteiger partial charge in [0.1, 0.15) is 5.75 Å². The molecule has 1 aromatic rings. The fourth-order valence-electron chi connectivity index (χ4n) is 2.68. The van der Waals surface area contributed by atoms with Crippen molar-refractivity contribution in [3.05, 3.63) is 23.2 Å². The lowest BCUT2D eigenvalue weighted by atomic mass is 9.87. The molecule has 21 heavy (non-hydrogen) atoms. The average Bonchev–Trinajstić information content (AvgIpc) is 2.95. The van der Waals surface area contributed by atoms with Crippen molar-refractivity contribution in [2.75, 3.05) is 25.6 Å². The fourth-order valence-corrected chi connectivity index (χ4v) is 2.93. The van der Waals surface area contributed by atoms with Gasteiger partial charge < -0.3 is 20.9 Å². The summed E-state index contributed by atoms with van der Waals surface area (Å²) in [5, 5.41) is 13.1. The number of hydrogen-bond donors (Lipinski definition) is 3. The molecule has 1 fully saturated rings. The number of halogens is 1. The van der Waals surface area contributed by atoms with Crippen molar-refractivity contribution in [1.29, 1.82) is 0 Å². The molecule has 0 aliphatic heterocycles. The number of benzene rings is 1. The van der Waals surface area contributed by atoms with Gasteiger partial charge in [0.2, 0.25) is 0 Å². The van der Waals surface area contributed by atoms with Gasteiger partial charge in [-0.3, -0.25) is 4.99 Å². The monoisotopic (exact) mass is 311 g/mol. The Hall–Kier alpha value is -1.46. The van der Waals surface area contributed by atoms with E-state index in [4.69, 9.17) is 22.1 Å². The Balaban J connectivity index is 1.98. The first-order valence-corrected chi connectivity index (χ1v) is 7.48. The Morgan fingerprint density at radius 2 is 2.19 bits per heavy atom. The molecule has 0 heterocycles. The molecule has 0 saturated heterocycles. The minimum absolute atomic E-state index is 0.0934. The first kappa shape index (κ1) is 15.9. The van der Waals surface area contributed by atoms with E-state index in [1.54, 1.807) is 19.2 Å². The first-order valence-electron chi connectivity index (χ1n) is 7.10. The van der Waals surface area contributed by atoms with E-state index >= 15 is 0 Å². The maximum atomic E-state index is 9.55. The third kappa shape index (κ3) is 4.02. The number of aliphatic hydroxyl groups excluding tert-OH is 1. The van der Waals surface area contributed by atoms with Gasteiger partial charge in [-0.1, -0.05) is 24.4 Å². The number of rotatable bonds is 5. The quantitative estimate of drug-likeness (QED) is 0.577. The van der Waals surface area contributed by atoms with Crippen molar-refractivity contribution in [2.45, 2.75) is 25.7 Å². The third-order valence-electron chi connectivity index (χ3n) is 4.01. The summed E-state index contributed by atoms with van der Waals surface area (Å²) >= 11 is 6.06. The molecule has 6 heteroatoms. The molecule has 0 atom stereocenters. The van der Waals surface area contributed by atoms with Gasteiger partial charge in [0.25, 0.3) is 0 Å². The Morgan fingerprint density at radius 3 is 2.76 bits per heavy atom. The zero-order valence-electron chi connectivity index (χ0n) is 12.2. The molecule has 1 saturated carbocycles. The van der Waals surface area contributed by atoms with Crippen LogP contribution in [0.4, 0.5) is 5.69 Å². The molecule has 0 radical (unpaired) electrons. The maximum Gasteiger partial charge on any atom is 0.193 e. The van der Waals surface area contributed by atoms with Crippen molar-refractivity contribution >= 4 is 23.2 Å². The lowest BCUT2D eigenvalue weighted by Gasteiger charge is -2.24. The van der Waals surface area contributed by atoms with Gasteiger partial charge >= 0.3 is 0 Å². The van der Waals surface area contributed by atoms with Crippen molar-refractivity contribution in [3.8, 4) is 5.75 Å². The number of anilines is 1. The van der Waals surface area contributed by atoms with Gasteiger partial charge in [0.15, 0.2) is 5.96 Å². The molecule has 1 aliphatic carbocycles. The molecule has 116 valence electrons.